The molecule has 0 nitrogen and oxygen atoms in total. The maximum atomic E-state index is 2.39. The predicted octanol–water partition coefficient (Wildman–Crippen LogP) is 7.00. The first-order chi connectivity index (χ1) is 13.7. The van der Waals surface area contributed by atoms with Crippen molar-refractivity contribution in [2.45, 2.75) is 24.7 Å². The van der Waals surface area contributed by atoms with Crippen molar-refractivity contribution in [3.63, 3.8) is 0 Å². The molecule has 0 aliphatic carbocycles. The van der Waals surface area contributed by atoms with Crippen molar-refractivity contribution in [1.82, 2.24) is 0 Å². The molecule has 0 saturated carbocycles. The molecule has 0 fully saturated rings. The Bertz CT molecular complexity index is 837. The molecule has 4 aromatic rings. The van der Waals surface area contributed by atoms with Crippen molar-refractivity contribution in [3.05, 3.63) is 144 Å². The Hall–Kier alpha value is -3.12. The van der Waals surface area contributed by atoms with Crippen LogP contribution >= 0.6 is 0 Å². The Morgan fingerprint density at radius 2 is 0.500 bits per heavy atom. The molecule has 0 N–H and O–H groups in total. The molecule has 0 unspecified atom stereocenters. The van der Waals surface area contributed by atoms with Crippen LogP contribution in [0.15, 0.2) is 121 Å². The fourth-order valence-electron chi connectivity index (χ4n) is 4.57. The van der Waals surface area contributed by atoms with Gasteiger partial charge in [-0.1, -0.05) is 135 Å². The Labute approximate surface area is 168 Å². The van der Waals surface area contributed by atoms with E-state index in [0.717, 1.165) is 0 Å². The summed E-state index contributed by atoms with van der Waals surface area (Å²) in [5.74, 6) is 0. The fraction of sp³-hybridized carbons (Fsp3) is 0.143. The molecule has 0 radical (unpaired) electrons. The third-order valence-corrected chi connectivity index (χ3v) is 6.40. The third kappa shape index (κ3) is 2.86. The van der Waals surface area contributed by atoms with E-state index in [9.17, 15) is 0 Å². The first-order valence-electron chi connectivity index (χ1n) is 9.89. The summed E-state index contributed by atoms with van der Waals surface area (Å²) in [4.78, 5) is 0. The molecule has 0 atom stereocenters. The summed E-state index contributed by atoms with van der Waals surface area (Å²) in [7, 11) is 0. The fourth-order valence-corrected chi connectivity index (χ4v) is 4.57. The van der Waals surface area contributed by atoms with Crippen molar-refractivity contribution in [1.29, 1.82) is 0 Å². The summed E-state index contributed by atoms with van der Waals surface area (Å²) >= 11 is 0. The molecule has 0 aromatic heterocycles. The summed E-state index contributed by atoms with van der Waals surface area (Å²) in [6.45, 7) is 4.77. The second-order valence-corrected chi connectivity index (χ2v) is 7.71. The van der Waals surface area contributed by atoms with Gasteiger partial charge in [-0.15, -0.1) is 0 Å². The van der Waals surface area contributed by atoms with E-state index in [2.05, 4.69) is 135 Å². The zero-order valence-corrected chi connectivity index (χ0v) is 16.5. The summed E-state index contributed by atoms with van der Waals surface area (Å²) in [5.41, 5.74) is 4.76. The Morgan fingerprint density at radius 3 is 0.679 bits per heavy atom. The molecule has 28 heavy (non-hydrogen) atoms. The van der Waals surface area contributed by atoms with Crippen molar-refractivity contribution in [2.24, 2.45) is 0 Å². The average molecular weight is 363 g/mol. The van der Waals surface area contributed by atoms with Crippen molar-refractivity contribution in [3.8, 4) is 0 Å². The summed E-state index contributed by atoms with van der Waals surface area (Å²) in [6.07, 6.45) is 0. The minimum atomic E-state index is -0.252. The molecule has 138 valence electrons. The van der Waals surface area contributed by atoms with Crippen LogP contribution in [0.5, 0.6) is 0 Å². The SMILES string of the molecule is CC(c1ccccc1)(c1ccccc1)C(C)(c1ccccc1)c1ccccc1. The van der Waals surface area contributed by atoms with Gasteiger partial charge >= 0.3 is 0 Å². The highest BCUT2D eigenvalue weighted by Gasteiger charge is 2.49. The zero-order valence-electron chi connectivity index (χ0n) is 16.5. The molecular formula is C28H26. The van der Waals surface area contributed by atoms with E-state index in [1.54, 1.807) is 0 Å². The van der Waals surface area contributed by atoms with Gasteiger partial charge in [0.25, 0.3) is 0 Å². The lowest BCUT2D eigenvalue weighted by molar-refractivity contribution is 0.360. The Balaban J connectivity index is 2.09. The number of hydrogen-bond acceptors (Lipinski definition) is 0. The van der Waals surface area contributed by atoms with Crippen molar-refractivity contribution < 1.29 is 0 Å². The standard InChI is InChI=1S/C28H26/c1-27(23-15-7-3-8-16-23,24-17-9-4-10-18-24)28(2,25-19-11-5-12-20-25)26-21-13-6-14-22-26/h3-22H,1-2H3. The van der Waals surface area contributed by atoms with Crippen LogP contribution in [0.1, 0.15) is 36.1 Å². The van der Waals surface area contributed by atoms with Gasteiger partial charge in [-0.05, 0) is 22.3 Å². The third-order valence-electron chi connectivity index (χ3n) is 6.40. The van der Waals surface area contributed by atoms with Crippen LogP contribution in [0.2, 0.25) is 0 Å². The van der Waals surface area contributed by atoms with Crippen molar-refractivity contribution in [2.75, 3.05) is 0 Å². The second kappa shape index (κ2) is 7.48. The van der Waals surface area contributed by atoms with Gasteiger partial charge < -0.3 is 0 Å². The molecule has 0 spiro atoms. The maximum Gasteiger partial charge on any atom is 0.0309 e. The largest absolute Gasteiger partial charge is 0.0622 e. The van der Waals surface area contributed by atoms with Crippen LogP contribution in [0.3, 0.4) is 0 Å². The van der Waals surface area contributed by atoms with Crippen LogP contribution in [-0.2, 0) is 10.8 Å². The van der Waals surface area contributed by atoms with Gasteiger partial charge in [0, 0.05) is 10.8 Å². The van der Waals surface area contributed by atoms with Gasteiger partial charge in [-0.2, -0.15) is 0 Å². The monoisotopic (exact) mass is 362 g/mol. The van der Waals surface area contributed by atoms with Gasteiger partial charge in [0.05, 0.1) is 0 Å². The highest BCUT2D eigenvalue weighted by molar-refractivity contribution is 5.53. The van der Waals surface area contributed by atoms with E-state index < -0.39 is 0 Å². The molecule has 0 saturated heterocycles. The Kier molecular flexibility index (Phi) is 4.88. The Morgan fingerprint density at radius 1 is 0.321 bits per heavy atom. The molecule has 0 heteroatoms. The minimum absolute atomic E-state index is 0.252. The van der Waals surface area contributed by atoms with E-state index in [0.29, 0.717) is 0 Å². The first-order valence-corrected chi connectivity index (χ1v) is 9.89. The van der Waals surface area contributed by atoms with E-state index in [1.807, 2.05) is 0 Å². The van der Waals surface area contributed by atoms with Gasteiger partial charge in [-0.25, -0.2) is 0 Å². The molecule has 4 aromatic carbocycles. The lowest BCUT2D eigenvalue weighted by Gasteiger charge is -2.48. The molecule has 0 aliphatic heterocycles. The van der Waals surface area contributed by atoms with E-state index in [4.69, 9.17) is 0 Å². The normalized spacial score (nSPS) is 11.9. The molecule has 4 rings (SSSR count). The maximum absolute atomic E-state index is 2.39. The zero-order chi connectivity index (χ0) is 19.5. The van der Waals surface area contributed by atoms with Crippen LogP contribution < -0.4 is 0 Å². The number of hydrogen-bond donors (Lipinski definition) is 0. The average Bonchev–Trinajstić information content (AvgIpc) is 2.80. The smallest absolute Gasteiger partial charge is 0.0309 e. The summed E-state index contributed by atoms with van der Waals surface area (Å²) in [5, 5.41) is 0. The predicted molar refractivity (Wildman–Crippen MR) is 119 cm³/mol. The van der Waals surface area contributed by atoms with Crippen LogP contribution in [-0.4, -0.2) is 0 Å². The van der Waals surface area contributed by atoms with Gasteiger partial charge in [0.15, 0.2) is 0 Å². The van der Waals surface area contributed by atoms with Crippen LogP contribution in [0.4, 0.5) is 0 Å². The molecular weight excluding hydrogens is 336 g/mol. The van der Waals surface area contributed by atoms with Crippen molar-refractivity contribution >= 4 is 0 Å². The second-order valence-electron chi connectivity index (χ2n) is 7.71. The summed E-state index contributed by atoms with van der Waals surface area (Å²) < 4.78 is 0. The number of rotatable bonds is 5. The topological polar surface area (TPSA) is 0 Å². The lowest BCUT2D eigenvalue weighted by Crippen LogP contribution is -2.47. The van der Waals surface area contributed by atoms with Gasteiger partial charge in [0.1, 0.15) is 0 Å². The van der Waals surface area contributed by atoms with Gasteiger partial charge in [-0.3, -0.25) is 0 Å². The minimum Gasteiger partial charge on any atom is -0.0622 e. The van der Waals surface area contributed by atoms with Crippen LogP contribution in [0, 0.1) is 0 Å². The molecule has 0 bridgehead atoms. The highest BCUT2D eigenvalue weighted by atomic mass is 14.5. The first kappa shape index (κ1) is 18.3. The highest BCUT2D eigenvalue weighted by Crippen LogP contribution is 2.52. The number of benzene rings is 4. The molecule has 0 amide bonds. The summed E-state index contributed by atoms with van der Waals surface area (Å²) in [6, 6.07) is 43.6. The lowest BCUT2D eigenvalue weighted by atomic mass is 9.53. The van der Waals surface area contributed by atoms with E-state index >= 15 is 0 Å². The quantitative estimate of drug-likeness (QED) is 0.358. The molecule has 0 aliphatic rings. The molecule has 0 heterocycles. The van der Waals surface area contributed by atoms with E-state index in [1.165, 1.54) is 22.3 Å². The van der Waals surface area contributed by atoms with E-state index in [-0.39, 0.29) is 10.8 Å². The van der Waals surface area contributed by atoms with Crippen LogP contribution in [0.25, 0.3) is 0 Å². The van der Waals surface area contributed by atoms with Gasteiger partial charge in [0.2, 0.25) is 0 Å².